The smallest absolute Gasteiger partial charge is 0.0598 e. The molecule has 1 rings (SSSR count). The Labute approximate surface area is 65.3 Å². The van der Waals surface area contributed by atoms with Crippen molar-refractivity contribution in [2.75, 3.05) is 5.88 Å². The first kappa shape index (κ1) is 7.48. The second-order valence-corrected chi connectivity index (χ2v) is 2.47. The lowest BCUT2D eigenvalue weighted by Crippen LogP contribution is -1.93. The number of aryl methyl sites for hydroxylation is 2. The van der Waals surface area contributed by atoms with Gasteiger partial charge >= 0.3 is 0 Å². The Morgan fingerprint density at radius 1 is 1.40 bits per heavy atom. The fraction of sp³-hybridized carbons (Fsp3) is 0.429. The number of hydrogen-bond acceptors (Lipinski definition) is 2. The van der Waals surface area contributed by atoms with Gasteiger partial charge in [0.25, 0.3) is 0 Å². The zero-order valence-electron chi connectivity index (χ0n) is 5.84. The second kappa shape index (κ2) is 3.52. The second-order valence-electron chi connectivity index (χ2n) is 2.09. The molecule has 0 atom stereocenters. The summed E-state index contributed by atoms with van der Waals surface area (Å²) in [4.78, 5) is 8.20. The number of rotatable bonds is 2. The molecule has 0 unspecified atom stereocenters. The minimum atomic E-state index is 0.609. The lowest BCUT2D eigenvalue weighted by Gasteiger charge is -1.94. The van der Waals surface area contributed by atoms with E-state index in [1.54, 1.807) is 12.4 Å². The van der Waals surface area contributed by atoms with Gasteiger partial charge in [-0.25, -0.2) is 0 Å². The molecule has 0 bridgehead atoms. The van der Waals surface area contributed by atoms with Crippen LogP contribution in [0.1, 0.15) is 11.4 Å². The van der Waals surface area contributed by atoms with E-state index in [1.807, 2.05) is 6.92 Å². The van der Waals surface area contributed by atoms with Crippen LogP contribution in [0.15, 0.2) is 12.4 Å². The fourth-order valence-electron chi connectivity index (χ4n) is 0.645. The van der Waals surface area contributed by atoms with Crippen molar-refractivity contribution in [3.63, 3.8) is 0 Å². The largest absolute Gasteiger partial charge is 0.258 e. The predicted octanol–water partition coefficient (Wildman–Crippen LogP) is 1.57. The van der Waals surface area contributed by atoms with Gasteiger partial charge < -0.3 is 0 Å². The van der Waals surface area contributed by atoms with Crippen LogP contribution in [0.5, 0.6) is 0 Å². The number of aromatic nitrogens is 2. The Balaban J connectivity index is 2.69. The summed E-state index contributed by atoms with van der Waals surface area (Å²) >= 11 is 5.51. The van der Waals surface area contributed by atoms with E-state index in [1.165, 1.54) is 0 Å². The van der Waals surface area contributed by atoms with E-state index in [2.05, 4.69) is 9.97 Å². The van der Waals surface area contributed by atoms with Crippen molar-refractivity contribution in [2.45, 2.75) is 13.3 Å². The number of alkyl halides is 1. The highest BCUT2D eigenvalue weighted by atomic mass is 35.5. The molecule has 0 saturated heterocycles. The Bertz CT molecular complexity index is 195. The van der Waals surface area contributed by atoms with Crippen LogP contribution >= 0.6 is 11.6 Å². The summed E-state index contributed by atoms with van der Waals surface area (Å²) in [6, 6.07) is 0. The molecule has 0 spiro atoms. The van der Waals surface area contributed by atoms with E-state index in [0.29, 0.717) is 5.88 Å². The standard InChI is InChI=1S/C7H9ClN2/c1-6-4-10-7(2-3-8)5-9-6/h4-5H,2-3H2,1H3. The van der Waals surface area contributed by atoms with Gasteiger partial charge in [-0.2, -0.15) is 0 Å². The molecule has 1 aromatic rings. The van der Waals surface area contributed by atoms with E-state index in [0.717, 1.165) is 17.8 Å². The highest BCUT2D eigenvalue weighted by molar-refractivity contribution is 6.17. The van der Waals surface area contributed by atoms with Crippen LogP contribution in [-0.4, -0.2) is 15.8 Å². The van der Waals surface area contributed by atoms with Crippen LogP contribution in [-0.2, 0) is 6.42 Å². The molecule has 0 aromatic carbocycles. The number of hydrogen-bond donors (Lipinski definition) is 0. The Kier molecular flexibility index (Phi) is 2.63. The third kappa shape index (κ3) is 1.95. The maximum atomic E-state index is 5.51. The minimum absolute atomic E-state index is 0.609. The average Bonchev–Trinajstić information content (AvgIpc) is 1.95. The Hall–Kier alpha value is -0.630. The molecule has 0 saturated carbocycles. The van der Waals surface area contributed by atoms with Crippen LogP contribution in [0.4, 0.5) is 0 Å². The van der Waals surface area contributed by atoms with E-state index in [4.69, 9.17) is 11.6 Å². The van der Waals surface area contributed by atoms with Crippen molar-refractivity contribution in [2.24, 2.45) is 0 Å². The topological polar surface area (TPSA) is 25.8 Å². The van der Waals surface area contributed by atoms with Crippen molar-refractivity contribution >= 4 is 11.6 Å². The molecular weight excluding hydrogens is 148 g/mol. The highest BCUT2D eigenvalue weighted by Gasteiger charge is 1.91. The van der Waals surface area contributed by atoms with Gasteiger partial charge in [-0.05, 0) is 6.92 Å². The third-order valence-electron chi connectivity index (χ3n) is 1.19. The minimum Gasteiger partial charge on any atom is -0.258 e. The lowest BCUT2D eigenvalue weighted by atomic mass is 10.3. The number of halogens is 1. The van der Waals surface area contributed by atoms with Gasteiger partial charge in [0, 0.05) is 24.7 Å². The molecule has 0 aliphatic carbocycles. The molecule has 0 N–H and O–H groups in total. The predicted molar refractivity (Wildman–Crippen MR) is 41.2 cm³/mol. The molecule has 10 heavy (non-hydrogen) atoms. The summed E-state index contributed by atoms with van der Waals surface area (Å²) in [5, 5.41) is 0. The van der Waals surface area contributed by atoms with Gasteiger partial charge in [0.1, 0.15) is 0 Å². The van der Waals surface area contributed by atoms with Crippen LogP contribution in [0.25, 0.3) is 0 Å². The van der Waals surface area contributed by atoms with Crippen molar-refractivity contribution < 1.29 is 0 Å². The molecule has 1 aromatic heterocycles. The Morgan fingerprint density at radius 3 is 2.70 bits per heavy atom. The lowest BCUT2D eigenvalue weighted by molar-refractivity contribution is 0.981. The molecule has 0 amide bonds. The molecule has 2 nitrogen and oxygen atoms in total. The van der Waals surface area contributed by atoms with Crippen molar-refractivity contribution in [1.82, 2.24) is 9.97 Å². The molecule has 0 fully saturated rings. The van der Waals surface area contributed by atoms with Gasteiger partial charge in [0.05, 0.1) is 11.4 Å². The van der Waals surface area contributed by atoms with Gasteiger partial charge in [-0.3, -0.25) is 9.97 Å². The zero-order valence-corrected chi connectivity index (χ0v) is 6.60. The molecule has 0 aliphatic heterocycles. The van der Waals surface area contributed by atoms with E-state index in [-0.39, 0.29) is 0 Å². The summed E-state index contributed by atoms with van der Waals surface area (Å²) in [6.45, 7) is 1.91. The summed E-state index contributed by atoms with van der Waals surface area (Å²) in [5.41, 5.74) is 1.90. The molecule has 3 heteroatoms. The summed E-state index contributed by atoms with van der Waals surface area (Å²) in [6.07, 6.45) is 4.31. The monoisotopic (exact) mass is 156 g/mol. The van der Waals surface area contributed by atoms with Crippen molar-refractivity contribution in [3.05, 3.63) is 23.8 Å². The van der Waals surface area contributed by atoms with Crippen molar-refractivity contribution in [1.29, 1.82) is 0 Å². The van der Waals surface area contributed by atoms with Gasteiger partial charge in [-0.15, -0.1) is 11.6 Å². The maximum Gasteiger partial charge on any atom is 0.0598 e. The van der Waals surface area contributed by atoms with Gasteiger partial charge in [0.15, 0.2) is 0 Å². The molecule has 1 heterocycles. The summed E-state index contributed by atoms with van der Waals surface area (Å²) in [7, 11) is 0. The zero-order chi connectivity index (χ0) is 7.40. The summed E-state index contributed by atoms with van der Waals surface area (Å²) < 4.78 is 0. The Morgan fingerprint density at radius 2 is 2.20 bits per heavy atom. The summed E-state index contributed by atoms with van der Waals surface area (Å²) in [5.74, 6) is 0.609. The molecule has 0 aliphatic rings. The first-order valence-electron chi connectivity index (χ1n) is 3.16. The SMILES string of the molecule is Cc1cnc(CCCl)cn1. The van der Waals surface area contributed by atoms with Gasteiger partial charge in [0.2, 0.25) is 0 Å². The quantitative estimate of drug-likeness (QED) is 0.608. The normalized spacial score (nSPS) is 9.80. The third-order valence-corrected chi connectivity index (χ3v) is 1.37. The van der Waals surface area contributed by atoms with E-state index < -0.39 is 0 Å². The van der Waals surface area contributed by atoms with Crippen LogP contribution in [0.2, 0.25) is 0 Å². The van der Waals surface area contributed by atoms with Crippen molar-refractivity contribution in [3.8, 4) is 0 Å². The fourth-order valence-corrected chi connectivity index (χ4v) is 0.839. The van der Waals surface area contributed by atoms with Crippen LogP contribution < -0.4 is 0 Å². The van der Waals surface area contributed by atoms with Crippen LogP contribution in [0, 0.1) is 6.92 Å². The number of nitrogens with zero attached hydrogens (tertiary/aromatic N) is 2. The molecular formula is C7H9ClN2. The first-order chi connectivity index (χ1) is 4.83. The van der Waals surface area contributed by atoms with Crippen LogP contribution in [0.3, 0.4) is 0 Å². The van der Waals surface area contributed by atoms with E-state index in [9.17, 15) is 0 Å². The first-order valence-corrected chi connectivity index (χ1v) is 3.70. The van der Waals surface area contributed by atoms with Gasteiger partial charge in [-0.1, -0.05) is 0 Å². The molecule has 0 radical (unpaired) electrons. The maximum absolute atomic E-state index is 5.51. The molecule has 54 valence electrons. The average molecular weight is 157 g/mol. The highest BCUT2D eigenvalue weighted by Crippen LogP contribution is 1.95. The van der Waals surface area contributed by atoms with E-state index >= 15 is 0 Å².